The zero-order chi connectivity index (χ0) is 22.7. The molecule has 2 heterocycles. The van der Waals surface area contributed by atoms with Crippen LogP contribution in [-0.4, -0.2) is 44.8 Å². The molecular weight excluding hydrogens is 426 g/mol. The van der Waals surface area contributed by atoms with Crippen molar-refractivity contribution in [3.05, 3.63) is 63.7 Å². The van der Waals surface area contributed by atoms with Gasteiger partial charge in [-0.25, -0.2) is 0 Å². The van der Waals surface area contributed by atoms with Crippen LogP contribution in [0.15, 0.2) is 41.4 Å². The van der Waals surface area contributed by atoms with E-state index in [1.807, 2.05) is 24.3 Å². The smallest absolute Gasteiger partial charge is 0.253 e. The number of piperidine rings is 1. The van der Waals surface area contributed by atoms with E-state index in [1.54, 1.807) is 26.2 Å². The summed E-state index contributed by atoms with van der Waals surface area (Å²) in [4.78, 5) is 30.2. The third-order valence-corrected chi connectivity index (χ3v) is 6.62. The summed E-state index contributed by atoms with van der Waals surface area (Å²) in [6.45, 7) is 2.23. The Bertz CT molecular complexity index is 1080. The average molecular weight is 454 g/mol. The molecule has 0 saturated carbocycles. The molecule has 0 atom stereocenters. The van der Waals surface area contributed by atoms with Gasteiger partial charge in [0.2, 0.25) is 0 Å². The number of fused-ring (bicyclic) bond motifs is 1. The van der Waals surface area contributed by atoms with Crippen molar-refractivity contribution in [3.63, 3.8) is 0 Å². The minimum absolute atomic E-state index is 0.157. The Hall–Kier alpha value is -2.90. The average Bonchev–Trinajstić information content (AvgIpc) is 2.81. The van der Waals surface area contributed by atoms with Gasteiger partial charge in [0.1, 0.15) is 5.84 Å². The molecule has 0 unspecified atom stereocenters. The molecule has 2 aliphatic heterocycles. The van der Waals surface area contributed by atoms with E-state index in [2.05, 4.69) is 21.3 Å². The summed E-state index contributed by atoms with van der Waals surface area (Å²) in [5.74, 6) is 0.508. The molecule has 0 radical (unpaired) electrons. The number of nitrogens with zero attached hydrogens (tertiary/aromatic N) is 1. The second-order valence-electron chi connectivity index (χ2n) is 8.30. The van der Waals surface area contributed by atoms with Crippen molar-refractivity contribution in [1.82, 2.24) is 16.0 Å². The fourth-order valence-electron chi connectivity index (χ4n) is 4.65. The lowest BCUT2D eigenvalue weighted by Crippen LogP contribution is -2.49. The summed E-state index contributed by atoms with van der Waals surface area (Å²) in [7, 11) is 3.22. The first-order valence-corrected chi connectivity index (χ1v) is 11.2. The van der Waals surface area contributed by atoms with Gasteiger partial charge in [-0.15, -0.1) is 0 Å². The zero-order valence-electron chi connectivity index (χ0n) is 18.3. The maximum atomic E-state index is 12.6. The summed E-state index contributed by atoms with van der Waals surface area (Å²) in [5, 5.41) is 13.0. The molecule has 0 aliphatic carbocycles. The molecule has 2 aliphatic rings. The van der Waals surface area contributed by atoms with Crippen LogP contribution in [0.3, 0.4) is 0 Å². The maximum absolute atomic E-state index is 12.6. The van der Waals surface area contributed by atoms with Gasteiger partial charge in [-0.1, -0.05) is 23.7 Å². The third kappa shape index (κ3) is 4.23. The van der Waals surface area contributed by atoms with Gasteiger partial charge in [-0.2, -0.15) is 0 Å². The fraction of sp³-hybridized carbons (Fsp3) is 0.375. The molecular formula is C24H28ClN5O2. The van der Waals surface area contributed by atoms with E-state index in [-0.39, 0.29) is 17.2 Å². The van der Waals surface area contributed by atoms with Crippen LogP contribution in [0.5, 0.6) is 0 Å². The topological polar surface area (TPSA) is 94.6 Å². The van der Waals surface area contributed by atoms with Crippen molar-refractivity contribution in [2.45, 2.75) is 25.8 Å². The predicted molar refractivity (Wildman–Crippen MR) is 128 cm³/mol. The van der Waals surface area contributed by atoms with Gasteiger partial charge in [0.25, 0.3) is 11.8 Å². The van der Waals surface area contributed by atoms with Crippen molar-refractivity contribution < 1.29 is 9.59 Å². The number of hydrogen-bond acceptors (Lipinski definition) is 4. The molecule has 7 nitrogen and oxygen atoms in total. The van der Waals surface area contributed by atoms with E-state index in [0.717, 1.165) is 42.9 Å². The van der Waals surface area contributed by atoms with Crippen LogP contribution in [-0.2, 0) is 13.0 Å². The Kier molecular flexibility index (Phi) is 6.48. The number of amides is 2. The van der Waals surface area contributed by atoms with Gasteiger partial charge in [0.15, 0.2) is 0 Å². The fourth-order valence-corrected chi connectivity index (χ4v) is 4.86. The first-order valence-electron chi connectivity index (χ1n) is 10.8. The normalized spacial score (nSPS) is 18.0. The van der Waals surface area contributed by atoms with Crippen molar-refractivity contribution in [1.29, 1.82) is 0 Å². The van der Waals surface area contributed by atoms with Gasteiger partial charge in [0.05, 0.1) is 17.8 Å². The number of benzene rings is 2. The molecule has 1 fully saturated rings. The highest BCUT2D eigenvalue weighted by Crippen LogP contribution is 2.43. The van der Waals surface area contributed by atoms with Crippen LogP contribution in [0, 0.1) is 5.41 Å². The van der Waals surface area contributed by atoms with Gasteiger partial charge in [-0.3, -0.25) is 14.6 Å². The Balaban J connectivity index is 1.82. The Morgan fingerprint density at radius 2 is 1.75 bits per heavy atom. The number of nitrogens with one attached hydrogen (secondary N) is 4. The standard InChI is InChI=1S/C24H28ClN5O2/c1-26-21(31)17-6-7-18(22(32)27-2)20-19(17)13-24(8-10-28-11-9-24)23(30-20)29-14-15-4-3-5-16(25)12-15/h3-7,12,28H,8-11,13-14H2,1-2H3,(H,26,31)(H,27,32)(H,29,30). The highest BCUT2D eigenvalue weighted by molar-refractivity contribution is 6.30. The highest BCUT2D eigenvalue weighted by Gasteiger charge is 2.43. The first-order chi connectivity index (χ1) is 15.5. The molecule has 0 bridgehead atoms. The van der Waals surface area contributed by atoms with E-state index in [0.29, 0.717) is 34.8 Å². The summed E-state index contributed by atoms with van der Waals surface area (Å²) in [6.07, 6.45) is 2.44. The number of aliphatic imine (C=N–C) groups is 1. The van der Waals surface area contributed by atoms with Gasteiger partial charge in [-0.05, 0) is 67.7 Å². The molecule has 4 N–H and O–H groups in total. The molecule has 8 heteroatoms. The van der Waals surface area contributed by atoms with Gasteiger partial charge < -0.3 is 21.3 Å². The zero-order valence-corrected chi connectivity index (χ0v) is 19.1. The number of amidine groups is 1. The molecule has 0 aromatic heterocycles. The Morgan fingerprint density at radius 1 is 1.06 bits per heavy atom. The van der Waals surface area contributed by atoms with Crippen LogP contribution in [0.4, 0.5) is 5.69 Å². The molecule has 1 saturated heterocycles. The Morgan fingerprint density at radius 3 is 2.44 bits per heavy atom. The summed E-state index contributed by atoms with van der Waals surface area (Å²) < 4.78 is 0. The number of anilines is 1. The molecule has 168 valence electrons. The summed E-state index contributed by atoms with van der Waals surface area (Å²) in [5.41, 5.74) is 3.44. The van der Waals surface area contributed by atoms with Crippen molar-refractivity contribution in [2.75, 3.05) is 32.5 Å². The minimum Gasteiger partial charge on any atom is -0.355 e. The molecule has 32 heavy (non-hydrogen) atoms. The summed E-state index contributed by atoms with van der Waals surface area (Å²) in [6, 6.07) is 11.1. The predicted octanol–water partition coefficient (Wildman–Crippen LogP) is 3.00. The third-order valence-electron chi connectivity index (χ3n) is 6.39. The van der Waals surface area contributed by atoms with Crippen molar-refractivity contribution >= 4 is 34.9 Å². The number of hydrogen-bond donors (Lipinski definition) is 4. The van der Waals surface area contributed by atoms with Crippen LogP contribution in [0.25, 0.3) is 0 Å². The summed E-state index contributed by atoms with van der Waals surface area (Å²) >= 11 is 6.15. The number of halogens is 1. The van der Waals surface area contributed by atoms with Crippen LogP contribution in [0.2, 0.25) is 5.02 Å². The van der Waals surface area contributed by atoms with Crippen LogP contribution < -0.4 is 21.3 Å². The molecule has 2 amide bonds. The van der Waals surface area contributed by atoms with E-state index in [1.165, 1.54) is 0 Å². The Labute approximate surface area is 193 Å². The number of rotatable bonds is 4. The van der Waals surface area contributed by atoms with Crippen molar-refractivity contribution in [2.24, 2.45) is 10.4 Å². The maximum Gasteiger partial charge on any atom is 0.253 e. The molecule has 2 aromatic carbocycles. The minimum atomic E-state index is -0.221. The monoisotopic (exact) mass is 453 g/mol. The largest absolute Gasteiger partial charge is 0.355 e. The second-order valence-corrected chi connectivity index (χ2v) is 8.74. The number of carbonyl (C=O) groups excluding carboxylic acids is 2. The number of carbonyl (C=O) groups is 2. The van der Waals surface area contributed by atoms with E-state index < -0.39 is 0 Å². The van der Waals surface area contributed by atoms with Gasteiger partial charge >= 0.3 is 0 Å². The lowest BCUT2D eigenvalue weighted by molar-refractivity contribution is 0.0950. The molecule has 1 spiro atoms. The second kappa shape index (κ2) is 9.30. The van der Waals surface area contributed by atoms with Crippen LogP contribution >= 0.6 is 11.6 Å². The van der Waals surface area contributed by atoms with E-state index >= 15 is 0 Å². The van der Waals surface area contributed by atoms with E-state index in [9.17, 15) is 9.59 Å². The van der Waals surface area contributed by atoms with E-state index in [4.69, 9.17) is 16.6 Å². The quantitative estimate of drug-likeness (QED) is 0.572. The molecule has 4 rings (SSSR count). The lowest BCUT2D eigenvalue weighted by atomic mass is 9.69. The highest BCUT2D eigenvalue weighted by atomic mass is 35.5. The molecule has 2 aromatic rings. The lowest BCUT2D eigenvalue weighted by Gasteiger charge is -2.43. The first kappa shape index (κ1) is 22.3. The SMILES string of the molecule is CNC(=O)c1ccc(C(=O)NC)c2c1CC1(CCNCC1)C(=NCc1cccc(Cl)c1)N2. The van der Waals surface area contributed by atoms with Gasteiger partial charge in [0, 0.05) is 30.1 Å². The van der Waals surface area contributed by atoms with Crippen molar-refractivity contribution in [3.8, 4) is 0 Å². The van der Waals surface area contributed by atoms with Crippen LogP contribution in [0.1, 0.15) is 44.7 Å².